The van der Waals surface area contributed by atoms with Crippen molar-refractivity contribution in [1.29, 1.82) is 0 Å². The van der Waals surface area contributed by atoms with E-state index in [-0.39, 0.29) is 35.8 Å². The topological polar surface area (TPSA) is 99.3 Å². The normalized spacial score (nSPS) is 20.7. The Kier molecular flexibility index (Phi) is 7.08. The number of rotatable bonds is 4. The second kappa shape index (κ2) is 10.2. The number of carbonyl (C=O) groups excluding carboxylic acids is 2. The SMILES string of the molecule is Cc1ccc(Cl)cc1N1CCN(C(=O)[C@H]2CCCN(S(=O)(=O)c3cc4c(cc3C)NC(=O)CO4)C2)CC1. The Bertz CT molecular complexity index is 1340. The number of fused-ring (bicyclic) bond motifs is 1. The van der Waals surface area contributed by atoms with Gasteiger partial charge in [-0.1, -0.05) is 17.7 Å². The molecule has 2 amide bonds. The number of nitrogens with zero attached hydrogens (tertiary/aromatic N) is 3. The van der Waals surface area contributed by atoms with Gasteiger partial charge in [-0.3, -0.25) is 9.59 Å². The fourth-order valence-corrected chi connectivity index (χ4v) is 7.26. The van der Waals surface area contributed by atoms with E-state index >= 15 is 0 Å². The quantitative estimate of drug-likeness (QED) is 0.633. The second-order valence-corrected chi connectivity index (χ2v) is 12.2. The molecule has 1 atom stereocenters. The lowest BCUT2D eigenvalue weighted by Gasteiger charge is -2.40. The van der Waals surface area contributed by atoms with Crippen LogP contribution < -0.4 is 15.0 Å². The molecule has 0 aromatic heterocycles. The molecule has 5 rings (SSSR count). The van der Waals surface area contributed by atoms with Crippen LogP contribution in [0, 0.1) is 19.8 Å². The molecule has 1 N–H and O–H groups in total. The average Bonchev–Trinajstić information content (AvgIpc) is 2.89. The minimum atomic E-state index is -3.84. The van der Waals surface area contributed by atoms with Gasteiger partial charge < -0.3 is 19.9 Å². The van der Waals surface area contributed by atoms with Crippen molar-refractivity contribution in [1.82, 2.24) is 9.21 Å². The van der Waals surface area contributed by atoms with Crippen molar-refractivity contribution in [3.63, 3.8) is 0 Å². The first kappa shape index (κ1) is 25.8. The summed E-state index contributed by atoms with van der Waals surface area (Å²) in [6, 6.07) is 8.92. The van der Waals surface area contributed by atoms with Crippen molar-refractivity contribution >= 4 is 44.8 Å². The lowest BCUT2D eigenvalue weighted by atomic mass is 9.97. The maximum absolute atomic E-state index is 13.6. The van der Waals surface area contributed by atoms with E-state index in [0.29, 0.717) is 67.6 Å². The van der Waals surface area contributed by atoms with E-state index < -0.39 is 10.0 Å². The molecule has 0 spiro atoms. The summed E-state index contributed by atoms with van der Waals surface area (Å²) in [6.45, 7) is 6.68. The first-order valence-corrected chi connectivity index (χ1v) is 14.3. The Morgan fingerprint density at radius 3 is 2.57 bits per heavy atom. The van der Waals surface area contributed by atoms with Gasteiger partial charge >= 0.3 is 0 Å². The molecule has 2 saturated heterocycles. The molecular formula is C26H31ClN4O5S. The van der Waals surface area contributed by atoms with Gasteiger partial charge in [-0.15, -0.1) is 0 Å². The average molecular weight is 547 g/mol. The molecule has 2 aromatic rings. The number of aryl methyl sites for hydroxylation is 2. The molecule has 9 nitrogen and oxygen atoms in total. The van der Waals surface area contributed by atoms with E-state index in [1.165, 1.54) is 10.4 Å². The summed E-state index contributed by atoms with van der Waals surface area (Å²) in [5.74, 6) is -0.309. The number of hydrogen-bond acceptors (Lipinski definition) is 6. The predicted molar refractivity (Wildman–Crippen MR) is 142 cm³/mol. The fraction of sp³-hybridized carbons (Fsp3) is 0.462. The molecule has 37 heavy (non-hydrogen) atoms. The first-order valence-electron chi connectivity index (χ1n) is 12.5. The zero-order valence-electron chi connectivity index (χ0n) is 21.0. The number of piperazine rings is 1. The number of halogens is 1. The number of anilines is 2. The summed E-state index contributed by atoms with van der Waals surface area (Å²) in [5, 5.41) is 3.39. The highest BCUT2D eigenvalue weighted by Gasteiger charge is 2.37. The number of benzene rings is 2. The van der Waals surface area contributed by atoms with Crippen LogP contribution in [0.25, 0.3) is 0 Å². The number of amides is 2. The van der Waals surface area contributed by atoms with Crippen LogP contribution in [0.15, 0.2) is 35.2 Å². The molecule has 2 aromatic carbocycles. The van der Waals surface area contributed by atoms with Gasteiger partial charge in [0.2, 0.25) is 15.9 Å². The number of hydrogen-bond donors (Lipinski definition) is 1. The number of nitrogens with one attached hydrogen (secondary N) is 1. The molecule has 0 unspecified atom stereocenters. The van der Waals surface area contributed by atoms with Crippen LogP contribution in [-0.2, 0) is 19.6 Å². The lowest BCUT2D eigenvalue weighted by Crippen LogP contribution is -2.53. The van der Waals surface area contributed by atoms with Gasteiger partial charge in [0.1, 0.15) is 5.75 Å². The molecule has 198 valence electrons. The third-order valence-corrected chi connectivity index (χ3v) is 9.61. The Balaban J connectivity index is 1.26. The maximum atomic E-state index is 13.6. The molecule has 0 bridgehead atoms. The summed E-state index contributed by atoms with van der Waals surface area (Å²) in [4.78, 5) is 29.3. The van der Waals surface area contributed by atoms with E-state index in [0.717, 1.165) is 11.3 Å². The Hall–Kier alpha value is -2.82. The minimum Gasteiger partial charge on any atom is -0.482 e. The van der Waals surface area contributed by atoms with E-state index in [2.05, 4.69) is 10.2 Å². The van der Waals surface area contributed by atoms with E-state index in [1.54, 1.807) is 13.0 Å². The van der Waals surface area contributed by atoms with E-state index in [1.807, 2.05) is 30.0 Å². The Morgan fingerprint density at radius 1 is 1.05 bits per heavy atom. The van der Waals surface area contributed by atoms with Gasteiger partial charge in [0.25, 0.3) is 5.91 Å². The second-order valence-electron chi connectivity index (χ2n) is 9.90. The zero-order chi connectivity index (χ0) is 26.3. The minimum absolute atomic E-state index is 0.00979. The number of ether oxygens (including phenoxy) is 1. The molecule has 11 heteroatoms. The third kappa shape index (κ3) is 5.15. The van der Waals surface area contributed by atoms with Crippen molar-refractivity contribution in [3.8, 4) is 5.75 Å². The molecular weight excluding hydrogens is 516 g/mol. The summed E-state index contributed by atoms with van der Waals surface area (Å²) >= 11 is 6.19. The number of carbonyl (C=O) groups is 2. The number of piperidine rings is 1. The Morgan fingerprint density at radius 2 is 1.81 bits per heavy atom. The van der Waals surface area contributed by atoms with Gasteiger partial charge in [-0.25, -0.2) is 8.42 Å². The van der Waals surface area contributed by atoms with Crippen LogP contribution >= 0.6 is 11.6 Å². The monoisotopic (exact) mass is 546 g/mol. The largest absolute Gasteiger partial charge is 0.482 e. The van der Waals surface area contributed by atoms with Gasteiger partial charge in [0.05, 0.1) is 16.5 Å². The van der Waals surface area contributed by atoms with Gasteiger partial charge in [-0.05, 0) is 56.0 Å². The molecule has 3 heterocycles. The van der Waals surface area contributed by atoms with Gasteiger partial charge in [0, 0.05) is 56.0 Å². The summed E-state index contributed by atoms with van der Waals surface area (Å²) in [7, 11) is -3.84. The smallest absolute Gasteiger partial charge is 0.262 e. The highest BCUT2D eigenvalue weighted by atomic mass is 35.5. The molecule has 0 saturated carbocycles. The molecule has 3 aliphatic heterocycles. The first-order chi connectivity index (χ1) is 17.6. The number of sulfonamides is 1. The van der Waals surface area contributed by atoms with Crippen LogP contribution in [0.5, 0.6) is 5.75 Å². The highest BCUT2D eigenvalue weighted by molar-refractivity contribution is 7.89. The van der Waals surface area contributed by atoms with Gasteiger partial charge in [0.15, 0.2) is 6.61 Å². The zero-order valence-corrected chi connectivity index (χ0v) is 22.6. The Labute approximate surface area is 222 Å². The fourth-order valence-electron chi connectivity index (χ4n) is 5.34. The van der Waals surface area contributed by atoms with Crippen molar-refractivity contribution in [2.45, 2.75) is 31.6 Å². The summed E-state index contributed by atoms with van der Waals surface area (Å²) in [5.41, 5.74) is 3.21. The highest BCUT2D eigenvalue weighted by Crippen LogP contribution is 2.35. The van der Waals surface area contributed by atoms with Crippen molar-refractivity contribution in [2.75, 3.05) is 56.1 Å². The molecule has 0 radical (unpaired) electrons. The third-order valence-electron chi connectivity index (χ3n) is 7.36. The molecule has 0 aliphatic carbocycles. The van der Waals surface area contributed by atoms with Crippen LogP contribution in [0.1, 0.15) is 24.0 Å². The van der Waals surface area contributed by atoms with E-state index in [9.17, 15) is 18.0 Å². The van der Waals surface area contributed by atoms with Crippen molar-refractivity contribution < 1.29 is 22.7 Å². The van der Waals surface area contributed by atoms with Crippen LogP contribution in [-0.4, -0.2) is 75.3 Å². The van der Waals surface area contributed by atoms with Gasteiger partial charge in [-0.2, -0.15) is 4.31 Å². The van der Waals surface area contributed by atoms with Crippen molar-refractivity contribution in [2.24, 2.45) is 5.92 Å². The van der Waals surface area contributed by atoms with Crippen LogP contribution in [0.3, 0.4) is 0 Å². The lowest BCUT2D eigenvalue weighted by molar-refractivity contribution is -0.137. The standard InChI is InChI=1S/C26H31ClN4O5S/c1-17-5-6-20(27)13-22(17)29-8-10-30(11-9-29)26(33)19-4-3-7-31(15-19)37(34,35)24-14-23-21(12-18(24)2)28-25(32)16-36-23/h5-6,12-14,19H,3-4,7-11,15-16H2,1-2H3,(H,28,32)/t19-/m0/s1. The predicted octanol–water partition coefficient (Wildman–Crippen LogP) is 3.04. The summed E-state index contributed by atoms with van der Waals surface area (Å²) in [6.07, 6.45) is 1.28. The van der Waals surface area contributed by atoms with E-state index in [4.69, 9.17) is 16.3 Å². The molecule has 2 fully saturated rings. The van der Waals surface area contributed by atoms with Crippen LogP contribution in [0.2, 0.25) is 5.02 Å². The van der Waals surface area contributed by atoms with Crippen molar-refractivity contribution in [3.05, 3.63) is 46.5 Å². The van der Waals surface area contributed by atoms with Crippen LogP contribution in [0.4, 0.5) is 11.4 Å². The maximum Gasteiger partial charge on any atom is 0.262 e. The molecule has 3 aliphatic rings. The summed E-state index contributed by atoms with van der Waals surface area (Å²) < 4.78 is 34.1.